The standard InChI is InChI=1S/C24H28N2O4/c1-17-3-7-19(8-4-17)21-11-13-25(15-21)29-23(27)24(28)30-26-14-12-22(16-26)20-9-5-18(2)6-10-20/h3-10,21-22H,11-16H2,1-2H3. The van der Waals surface area contributed by atoms with Crippen LogP contribution in [0.5, 0.6) is 0 Å². The zero-order valence-corrected chi connectivity index (χ0v) is 17.5. The molecule has 2 atom stereocenters. The summed E-state index contributed by atoms with van der Waals surface area (Å²) in [5.41, 5.74) is 4.88. The number of carbonyl (C=O) groups excluding carboxylic acids is 2. The zero-order chi connectivity index (χ0) is 21.1. The van der Waals surface area contributed by atoms with Crippen molar-refractivity contribution in [1.82, 2.24) is 10.1 Å². The van der Waals surface area contributed by atoms with Crippen LogP contribution in [-0.2, 0) is 19.3 Å². The molecule has 0 radical (unpaired) electrons. The Morgan fingerprint density at radius 1 is 0.700 bits per heavy atom. The highest BCUT2D eigenvalue weighted by Gasteiger charge is 2.32. The molecule has 0 bridgehead atoms. The Morgan fingerprint density at radius 2 is 1.07 bits per heavy atom. The number of benzene rings is 2. The van der Waals surface area contributed by atoms with Crippen molar-refractivity contribution in [2.24, 2.45) is 0 Å². The summed E-state index contributed by atoms with van der Waals surface area (Å²) in [6.45, 7) is 6.50. The normalized spacial score (nSPS) is 22.2. The first-order valence-corrected chi connectivity index (χ1v) is 10.5. The van der Waals surface area contributed by atoms with Gasteiger partial charge < -0.3 is 9.68 Å². The van der Waals surface area contributed by atoms with Crippen molar-refractivity contribution in [3.05, 3.63) is 70.8 Å². The smallest absolute Gasteiger partial charge is 0.359 e. The maximum Gasteiger partial charge on any atom is 0.438 e. The molecule has 2 heterocycles. The van der Waals surface area contributed by atoms with Crippen LogP contribution in [0.25, 0.3) is 0 Å². The van der Waals surface area contributed by atoms with E-state index in [1.807, 2.05) is 0 Å². The molecule has 2 saturated heterocycles. The molecule has 0 amide bonds. The van der Waals surface area contributed by atoms with Gasteiger partial charge in [0, 0.05) is 38.0 Å². The third kappa shape index (κ3) is 4.89. The van der Waals surface area contributed by atoms with Crippen molar-refractivity contribution < 1.29 is 19.3 Å². The van der Waals surface area contributed by atoms with E-state index in [1.165, 1.54) is 22.3 Å². The average Bonchev–Trinajstić information content (AvgIpc) is 3.39. The number of hydroxylamine groups is 4. The van der Waals surface area contributed by atoms with Crippen LogP contribution in [0.4, 0.5) is 0 Å². The molecule has 2 aromatic carbocycles. The largest absolute Gasteiger partial charge is 0.438 e. The molecule has 0 N–H and O–H groups in total. The summed E-state index contributed by atoms with van der Waals surface area (Å²) in [6.07, 6.45) is 1.77. The second-order valence-corrected chi connectivity index (χ2v) is 8.33. The van der Waals surface area contributed by atoms with Crippen LogP contribution >= 0.6 is 0 Å². The molecule has 0 spiro atoms. The third-order valence-corrected chi connectivity index (χ3v) is 5.99. The number of aryl methyl sites for hydroxylation is 2. The van der Waals surface area contributed by atoms with Crippen LogP contribution < -0.4 is 0 Å². The monoisotopic (exact) mass is 408 g/mol. The fraction of sp³-hybridized carbons (Fsp3) is 0.417. The Labute approximate surface area is 177 Å². The van der Waals surface area contributed by atoms with Crippen LogP contribution in [0.2, 0.25) is 0 Å². The highest BCUT2D eigenvalue weighted by molar-refractivity contribution is 6.29. The maximum absolute atomic E-state index is 12.2. The van der Waals surface area contributed by atoms with Crippen molar-refractivity contribution in [2.75, 3.05) is 26.2 Å². The van der Waals surface area contributed by atoms with E-state index >= 15 is 0 Å². The van der Waals surface area contributed by atoms with E-state index in [2.05, 4.69) is 62.4 Å². The fourth-order valence-electron chi connectivity index (χ4n) is 4.15. The summed E-state index contributed by atoms with van der Waals surface area (Å²) in [5, 5.41) is 3.13. The third-order valence-electron chi connectivity index (χ3n) is 5.99. The first-order chi connectivity index (χ1) is 14.5. The predicted octanol–water partition coefficient (Wildman–Crippen LogP) is 3.50. The lowest BCUT2D eigenvalue weighted by Gasteiger charge is -2.18. The average molecular weight is 408 g/mol. The maximum atomic E-state index is 12.2. The van der Waals surface area contributed by atoms with E-state index in [-0.39, 0.29) is 0 Å². The summed E-state index contributed by atoms with van der Waals surface area (Å²) in [7, 11) is 0. The van der Waals surface area contributed by atoms with E-state index in [0.717, 1.165) is 12.8 Å². The van der Waals surface area contributed by atoms with Gasteiger partial charge in [-0.15, -0.1) is 10.1 Å². The van der Waals surface area contributed by atoms with Crippen LogP contribution in [0.3, 0.4) is 0 Å². The van der Waals surface area contributed by atoms with Crippen molar-refractivity contribution in [2.45, 2.75) is 38.5 Å². The predicted molar refractivity (Wildman–Crippen MR) is 112 cm³/mol. The van der Waals surface area contributed by atoms with Crippen LogP contribution in [0, 0.1) is 13.8 Å². The summed E-state index contributed by atoms with van der Waals surface area (Å²) in [4.78, 5) is 35.0. The molecule has 2 aliphatic rings. The van der Waals surface area contributed by atoms with Crippen molar-refractivity contribution in [3.8, 4) is 0 Å². The van der Waals surface area contributed by atoms with Gasteiger partial charge in [0.05, 0.1) is 0 Å². The van der Waals surface area contributed by atoms with Crippen LogP contribution in [0.15, 0.2) is 48.5 Å². The lowest BCUT2D eigenvalue weighted by molar-refractivity contribution is -0.213. The number of rotatable bonds is 4. The van der Waals surface area contributed by atoms with Gasteiger partial charge in [0.1, 0.15) is 0 Å². The highest BCUT2D eigenvalue weighted by atomic mass is 16.8. The Kier molecular flexibility index (Phi) is 6.16. The lowest BCUT2D eigenvalue weighted by Crippen LogP contribution is -2.34. The molecule has 0 aliphatic carbocycles. The molecule has 6 heteroatoms. The van der Waals surface area contributed by atoms with E-state index in [4.69, 9.17) is 9.68 Å². The summed E-state index contributed by atoms with van der Waals surface area (Å²) in [5.74, 6) is -1.33. The van der Waals surface area contributed by atoms with Crippen molar-refractivity contribution in [1.29, 1.82) is 0 Å². The molecular formula is C24H28N2O4. The van der Waals surface area contributed by atoms with Crippen molar-refractivity contribution in [3.63, 3.8) is 0 Å². The Bertz CT molecular complexity index is 819. The molecule has 2 aromatic rings. The fourth-order valence-corrected chi connectivity index (χ4v) is 4.15. The molecule has 158 valence electrons. The minimum atomic E-state index is -0.960. The second kappa shape index (κ2) is 8.98. The van der Waals surface area contributed by atoms with Gasteiger partial charge in [0.15, 0.2) is 0 Å². The molecule has 6 nitrogen and oxygen atoms in total. The van der Waals surface area contributed by atoms with Gasteiger partial charge in [0.25, 0.3) is 0 Å². The quantitative estimate of drug-likeness (QED) is 0.722. The van der Waals surface area contributed by atoms with Gasteiger partial charge >= 0.3 is 11.9 Å². The molecule has 2 unspecified atom stereocenters. The number of carbonyl (C=O) groups is 2. The lowest BCUT2D eigenvalue weighted by atomic mass is 9.98. The summed E-state index contributed by atoms with van der Waals surface area (Å²) < 4.78 is 0. The number of hydrogen-bond acceptors (Lipinski definition) is 6. The molecular weight excluding hydrogens is 380 g/mol. The van der Waals surface area contributed by atoms with Gasteiger partial charge in [-0.2, -0.15) is 0 Å². The molecule has 2 fully saturated rings. The van der Waals surface area contributed by atoms with Gasteiger partial charge in [-0.05, 0) is 37.8 Å². The van der Waals surface area contributed by atoms with Gasteiger partial charge in [-0.3, -0.25) is 0 Å². The zero-order valence-electron chi connectivity index (χ0n) is 17.5. The molecule has 2 aliphatic heterocycles. The van der Waals surface area contributed by atoms with Gasteiger partial charge in [0.2, 0.25) is 0 Å². The Balaban J connectivity index is 1.24. The summed E-state index contributed by atoms with van der Waals surface area (Å²) >= 11 is 0. The van der Waals surface area contributed by atoms with E-state index < -0.39 is 11.9 Å². The van der Waals surface area contributed by atoms with Gasteiger partial charge in [-0.1, -0.05) is 59.7 Å². The second-order valence-electron chi connectivity index (χ2n) is 8.33. The van der Waals surface area contributed by atoms with E-state index in [0.29, 0.717) is 38.0 Å². The van der Waals surface area contributed by atoms with Gasteiger partial charge in [-0.25, -0.2) is 9.59 Å². The minimum absolute atomic E-state index is 0.295. The first-order valence-electron chi connectivity index (χ1n) is 10.5. The van der Waals surface area contributed by atoms with Crippen LogP contribution in [-0.4, -0.2) is 48.2 Å². The summed E-state index contributed by atoms with van der Waals surface area (Å²) in [6, 6.07) is 16.8. The molecule has 30 heavy (non-hydrogen) atoms. The minimum Gasteiger partial charge on any atom is -0.359 e. The number of nitrogens with zero attached hydrogens (tertiary/aromatic N) is 2. The van der Waals surface area contributed by atoms with E-state index in [9.17, 15) is 9.59 Å². The first kappa shape index (κ1) is 20.6. The molecule has 4 rings (SSSR count). The molecule has 0 aromatic heterocycles. The molecule has 0 saturated carbocycles. The number of hydrogen-bond donors (Lipinski definition) is 0. The van der Waals surface area contributed by atoms with E-state index in [1.54, 1.807) is 10.1 Å². The Hall–Kier alpha value is -2.70. The highest BCUT2D eigenvalue weighted by Crippen LogP contribution is 2.29. The Morgan fingerprint density at radius 3 is 1.43 bits per heavy atom. The van der Waals surface area contributed by atoms with Crippen LogP contribution in [0.1, 0.15) is 46.9 Å². The SMILES string of the molecule is Cc1ccc(C2CCN(OC(=O)C(=O)ON3CCC(c4ccc(C)cc4)C3)C2)cc1. The topological polar surface area (TPSA) is 59.1 Å². The van der Waals surface area contributed by atoms with Crippen molar-refractivity contribution >= 4 is 11.9 Å².